The van der Waals surface area contributed by atoms with Gasteiger partial charge < -0.3 is 19.0 Å². The van der Waals surface area contributed by atoms with E-state index in [1.807, 2.05) is 69.3 Å². The number of fused-ring (bicyclic) bond motifs is 5. The van der Waals surface area contributed by atoms with E-state index in [2.05, 4.69) is 0 Å². The van der Waals surface area contributed by atoms with Gasteiger partial charge in [-0.1, -0.05) is 37.3 Å². The minimum Gasteiger partial charge on any atom is -0.497 e. The first-order valence-corrected chi connectivity index (χ1v) is 12.8. The van der Waals surface area contributed by atoms with Crippen LogP contribution in [0.1, 0.15) is 51.7 Å². The normalized spacial score (nSPS) is 18.0. The summed E-state index contributed by atoms with van der Waals surface area (Å²) in [6, 6.07) is 18.3. The van der Waals surface area contributed by atoms with Crippen LogP contribution >= 0.6 is 0 Å². The van der Waals surface area contributed by atoms with E-state index in [0.29, 0.717) is 34.5 Å². The Morgan fingerprint density at radius 2 is 1.66 bits per heavy atom. The first-order chi connectivity index (χ1) is 18.3. The molecule has 192 valence electrons. The van der Waals surface area contributed by atoms with E-state index < -0.39 is 11.4 Å². The number of aryl methyl sites for hydroxylation is 2. The molecule has 38 heavy (non-hydrogen) atoms. The number of ether oxygens (including phenoxy) is 1. The lowest BCUT2D eigenvalue weighted by Crippen LogP contribution is -2.53. The average molecular weight is 509 g/mol. The van der Waals surface area contributed by atoms with Gasteiger partial charge in [-0.3, -0.25) is 14.4 Å². The number of amides is 2. The summed E-state index contributed by atoms with van der Waals surface area (Å²) in [6.07, 6.45) is 0.722. The topological polar surface area (TPSA) is 80.1 Å². The van der Waals surface area contributed by atoms with Crippen molar-refractivity contribution in [2.24, 2.45) is 0 Å². The highest BCUT2D eigenvalue weighted by Gasteiger charge is 2.64. The van der Waals surface area contributed by atoms with Crippen molar-refractivity contribution in [2.75, 3.05) is 18.6 Å². The molecule has 1 spiro atoms. The molecule has 2 aliphatic rings. The molecule has 0 saturated heterocycles. The summed E-state index contributed by atoms with van der Waals surface area (Å²) in [6.45, 7) is 6.43. The van der Waals surface area contributed by atoms with Crippen LogP contribution in [0.25, 0.3) is 11.0 Å². The molecule has 7 nitrogen and oxygen atoms in total. The van der Waals surface area contributed by atoms with Gasteiger partial charge in [-0.25, -0.2) is 0 Å². The van der Waals surface area contributed by atoms with Crippen LogP contribution in [0.15, 0.2) is 69.9 Å². The van der Waals surface area contributed by atoms with Gasteiger partial charge >= 0.3 is 0 Å². The lowest BCUT2D eigenvalue weighted by atomic mass is 9.83. The highest BCUT2D eigenvalue weighted by atomic mass is 16.5. The van der Waals surface area contributed by atoms with Gasteiger partial charge in [-0.15, -0.1) is 0 Å². The number of methoxy groups -OCH3 is 1. The predicted molar refractivity (Wildman–Crippen MR) is 145 cm³/mol. The zero-order chi connectivity index (χ0) is 26.8. The molecule has 0 aliphatic carbocycles. The first kappa shape index (κ1) is 24.0. The van der Waals surface area contributed by atoms with Crippen molar-refractivity contribution in [3.8, 4) is 5.75 Å². The third kappa shape index (κ3) is 3.11. The molecule has 0 bridgehead atoms. The van der Waals surface area contributed by atoms with E-state index in [4.69, 9.17) is 9.15 Å². The van der Waals surface area contributed by atoms with Crippen LogP contribution in [0.3, 0.4) is 0 Å². The molecule has 4 aromatic rings. The average Bonchev–Trinajstić information content (AvgIpc) is 3.31. The molecule has 1 unspecified atom stereocenters. The monoisotopic (exact) mass is 508 g/mol. The molecule has 0 fully saturated rings. The molecule has 1 aromatic heterocycles. The number of carbonyl (C=O) groups excluding carboxylic acids is 2. The molecule has 3 heterocycles. The van der Waals surface area contributed by atoms with E-state index in [1.54, 1.807) is 24.1 Å². The Kier molecular flexibility index (Phi) is 5.42. The predicted octanol–water partition coefficient (Wildman–Crippen LogP) is 5.07. The van der Waals surface area contributed by atoms with Crippen LogP contribution in [0.5, 0.6) is 5.75 Å². The molecule has 2 amide bonds. The fourth-order valence-electron chi connectivity index (χ4n) is 5.83. The summed E-state index contributed by atoms with van der Waals surface area (Å²) in [5.74, 6) is -0.170. The number of hydrogen-bond acceptors (Lipinski definition) is 5. The summed E-state index contributed by atoms with van der Waals surface area (Å²) in [5.41, 5.74) is 2.49. The van der Waals surface area contributed by atoms with Crippen LogP contribution in [0.4, 0.5) is 5.69 Å². The molecule has 3 aromatic carbocycles. The van der Waals surface area contributed by atoms with Gasteiger partial charge in [0.25, 0.3) is 11.8 Å². The van der Waals surface area contributed by atoms with E-state index in [1.165, 1.54) is 4.90 Å². The summed E-state index contributed by atoms with van der Waals surface area (Å²) in [7, 11) is 1.59. The minimum absolute atomic E-state index is 0.0687. The SMILES string of the molecule is CCCN1C(=O)C2(c3ccccc31)c1c(oc3cc(C)c(C)cc3c1=O)C(=O)N2Cc1ccc(OC)cc1. The van der Waals surface area contributed by atoms with Crippen molar-refractivity contribution in [3.63, 3.8) is 0 Å². The lowest BCUT2D eigenvalue weighted by Gasteiger charge is -2.34. The van der Waals surface area contributed by atoms with Gasteiger partial charge in [0.1, 0.15) is 11.3 Å². The Morgan fingerprint density at radius 1 is 0.947 bits per heavy atom. The van der Waals surface area contributed by atoms with E-state index in [0.717, 1.165) is 23.1 Å². The highest BCUT2D eigenvalue weighted by molar-refractivity contribution is 6.17. The van der Waals surface area contributed by atoms with Crippen LogP contribution in [-0.4, -0.2) is 30.4 Å². The maximum Gasteiger partial charge on any atom is 0.291 e. The summed E-state index contributed by atoms with van der Waals surface area (Å²) in [4.78, 5) is 46.2. The number of rotatable bonds is 5. The third-order valence-corrected chi connectivity index (χ3v) is 7.80. The smallest absolute Gasteiger partial charge is 0.291 e. The lowest BCUT2D eigenvalue weighted by molar-refractivity contribution is -0.126. The molecule has 2 aliphatic heterocycles. The van der Waals surface area contributed by atoms with E-state index in [-0.39, 0.29) is 29.2 Å². The zero-order valence-corrected chi connectivity index (χ0v) is 21.8. The molecular weight excluding hydrogens is 480 g/mol. The molecule has 6 rings (SSSR count). The van der Waals surface area contributed by atoms with E-state index in [9.17, 15) is 14.4 Å². The number of carbonyl (C=O) groups is 2. The molecular formula is C31H28N2O5. The number of anilines is 1. The molecule has 0 saturated carbocycles. The van der Waals surface area contributed by atoms with Gasteiger partial charge in [0.2, 0.25) is 5.76 Å². The summed E-state index contributed by atoms with van der Waals surface area (Å²) < 4.78 is 11.5. The minimum atomic E-state index is -1.62. The summed E-state index contributed by atoms with van der Waals surface area (Å²) >= 11 is 0. The summed E-state index contributed by atoms with van der Waals surface area (Å²) in [5, 5.41) is 0.365. The Balaban J connectivity index is 1.67. The zero-order valence-electron chi connectivity index (χ0n) is 21.8. The molecule has 0 radical (unpaired) electrons. The number of para-hydroxylation sites is 1. The van der Waals surface area contributed by atoms with Crippen LogP contribution < -0.4 is 15.1 Å². The van der Waals surface area contributed by atoms with Crippen molar-refractivity contribution < 1.29 is 18.7 Å². The molecule has 0 N–H and O–H groups in total. The van der Waals surface area contributed by atoms with Gasteiger partial charge in [0.15, 0.2) is 11.0 Å². The van der Waals surface area contributed by atoms with Crippen LogP contribution in [-0.2, 0) is 16.9 Å². The van der Waals surface area contributed by atoms with Crippen molar-refractivity contribution in [2.45, 2.75) is 39.3 Å². The quantitative estimate of drug-likeness (QED) is 0.376. The Bertz CT molecular complexity index is 1690. The van der Waals surface area contributed by atoms with Crippen molar-refractivity contribution in [1.29, 1.82) is 0 Å². The van der Waals surface area contributed by atoms with Crippen LogP contribution in [0.2, 0.25) is 0 Å². The van der Waals surface area contributed by atoms with Gasteiger partial charge in [-0.2, -0.15) is 0 Å². The van der Waals surface area contributed by atoms with Crippen LogP contribution in [0, 0.1) is 13.8 Å². The molecule has 7 heteroatoms. The third-order valence-electron chi connectivity index (χ3n) is 7.80. The Labute approximate surface area is 220 Å². The van der Waals surface area contributed by atoms with E-state index >= 15 is 0 Å². The van der Waals surface area contributed by atoms with Gasteiger partial charge in [0.05, 0.1) is 23.7 Å². The second-order valence-electron chi connectivity index (χ2n) is 9.99. The Morgan fingerprint density at radius 3 is 2.37 bits per heavy atom. The van der Waals surface area contributed by atoms with Crippen molar-refractivity contribution in [1.82, 2.24) is 4.90 Å². The molecule has 1 atom stereocenters. The maximum absolute atomic E-state index is 14.5. The first-order valence-electron chi connectivity index (χ1n) is 12.8. The maximum atomic E-state index is 14.5. The van der Waals surface area contributed by atoms with Gasteiger partial charge in [-0.05, 0) is 67.3 Å². The van der Waals surface area contributed by atoms with Crippen molar-refractivity contribution >= 4 is 28.5 Å². The number of nitrogens with zero attached hydrogens (tertiary/aromatic N) is 2. The Hall–Kier alpha value is -4.39. The highest BCUT2D eigenvalue weighted by Crippen LogP contribution is 2.53. The number of benzene rings is 3. The fourth-order valence-corrected chi connectivity index (χ4v) is 5.83. The second-order valence-corrected chi connectivity index (χ2v) is 9.99. The van der Waals surface area contributed by atoms with Crippen molar-refractivity contribution in [3.05, 3.63) is 104 Å². The largest absolute Gasteiger partial charge is 0.497 e. The standard InChI is InChI=1S/C31H28N2O5/c1-5-14-32-24-9-7-6-8-23(24)31(30(32)36)26-27(34)22-15-18(2)19(3)16-25(22)38-28(26)29(35)33(31)17-20-10-12-21(37-4)13-11-20/h6-13,15-16H,5,14,17H2,1-4H3. The van der Waals surface area contributed by atoms with Gasteiger partial charge in [0, 0.05) is 18.7 Å². The second kappa shape index (κ2) is 8.58. The fraction of sp³-hybridized carbons (Fsp3) is 0.258. The number of hydrogen-bond donors (Lipinski definition) is 0.